The molecule has 0 bridgehead atoms. The summed E-state index contributed by atoms with van der Waals surface area (Å²) in [5.74, 6) is 0.795. The first-order valence-electron chi connectivity index (χ1n) is 11.3. The van der Waals surface area contributed by atoms with Gasteiger partial charge < -0.3 is 19.5 Å². The molecule has 1 N–H and O–H groups in total. The van der Waals surface area contributed by atoms with Crippen LogP contribution in [0.25, 0.3) is 0 Å². The second kappa shape index (κ2) is 9.27. The van der Waals surface area contributed by atoms with Gasteiger partial charge in [-0.2, -0.15) is 0 Å². The third kappa shape index (κ3) is 4.03. The molecule has 1 aliphatic heterocycles. The number of nitrogens with zero attached hydrogens (tertiary/aromatic N) is 4. The molecule has 172 valence electrons. The predicted octanol–water partition coefficient (Wildman–Crippen LogP) is 5.13. The van der Waals surface area contributed by atoms with Crippen molar-refractivity contribution in [2.75, 3.05) is 12.0 Å². The van der Waals surface area contributed by atoms with Crippen LogP contribution in [0.3, 0.4) is 0 Å². The van der Waals surface area contributed by atoms with Gasteiger partial charge in [0.2, 0.25) is 0 Å². The highest BCUT2D eigenvalue weighted by Gasteiger charge is 2.42. The average molecular weight is 470 g/mol. The van der Waals surface area contributed by atoms with Gasteiger partial charge in [0.1, 0.15) is 5.75 Å². The fraction of sp³-hybridized carbons (Fsp3) is 0.222. The van der Waals surface area contributed by atoms with Gasteiger partial charge in [0, 0.05) is 48.3 Å². The summed E-state index contributed by atoms with van der Waals surface area (Å²) in [6.45, 7) is 5.13. The highest BCUT2D eigenvalue weighted by Crippen LogP contribution is 2.43. The Morgan fingerprint density at radius 2 is 1.82 bits per heavy atom. The summed E-state index contributed by atoms with van der Waals surface area (Å²) in [4.78, 5) is 11.0. The molecule has 0 spiro atoms. The molecule has 6 nitrogen and oxygen atoms in total. The third-order valence-electron chi connectivity index (χ3n) is 6.45. The second-order valence-corrected chi connectivity index (χ2v) is 8.85. The molecule has 0 radical (unpaired) electrons. The SMILES string of the molecule is COc1cccc(N2C(=S)N[C@@H](c3ccccn3)[C@H]2c2cc(C)n(Cc3ccncc3)c2C)c1. The van der Waals surface area contributed by atoms with Crippen molar-refractivity contribution in [1.82, 2.24) is 19.9 Å². The van der Waals surface area contributed by atoms with Crippen LogP contribution in [0, 0.1) is 13.8 Å². The Kier molecular flexibility index (Phi) is 6.02. The van der Waals surface area contributed by atoms with Crippen LogP contribution in [0.1, 0.15) is 40.3 Å². The molecule has 1 aliphatic rings. The van der Waals surface area contributed by atoms with Crippen molar-refractivity contribution in [3.63, 3.8) is 0 Å². The molecule has 0 amide bonds. The number of thiocarbonyl (C=S) groups is 1. The van der Waals surface area contributed by atoms with E-state index >= 15 is 0 Å². The first kappa shape index (κ1) is 22.1. The van der Waals surface area contributed by atoms with Crippen molar-refractivity contribution in [2.45, 2.75) is 32.5 Å². The number of nitrogens with one attached hydrogen (secondary N) is 1. The van der Waals surface area contributed by atoms with Crippen LogP contribution >= 0.6 is 12.2 Å². The summed E-state index contributed by atoms with van der Waals surface area (Å²) in [5, 5.41) is 4.22. The summed E-state index contributed by atoms with van der Waals surface area (Å²) in [6.07, 6.45) is 5.51. The van der Waals surface area contributed by atoms with E-state index in [1.165, 1.54) is 22.5 Å². The lowest BCUT2D eigenvalue weighted by Crippen LogP contribution is -2.29. The standard InChI is InChI=1S/C27H27N5OS/c1-18-15-23(19(2)31(18)17-20-10-13-28-14-11-20)26-25(24-9-4-5-12-29-24)30-27(34)32(26)21-7-6-8-22(16-21)33-3/h4-16,25-26H,17H2,1-3H3,(H,30,34)/t25-,26+/m0/s1. The normalized spacial score (nSPS) is 17.6. The predicted molar refractivity (Wildman–Crippen MR) is 138 cm³/mol. The van der Waals surface area contributed by atoms with Crippen molar-refractivity contribution in [1.29, 1.82) is 0 Å². The van der Waals surface area contributed by atoms with E-state index in [4.69, 9.17) is 17.0 Å². The Morgan fingerprint density at radius 1 is 1.00 bits per heavy atom. The molecular formula is C27H27N5OS. The third-order valence-corrected chi connectivity index (χ3v) is 6.77. The zero-order valence-electron chi connectivity index (χ0n) is 19.5. The molecular weight excluding hydrogens is 442 g/mol. The van der Waals surface area contributed by atoms with Gasteiger partial charge in [-0.25, -0.2) is 0 Å². The van der Waals surface area contributed by atoms with Crippen molar-refractivity contribution in [3.05, 3.63) is 107 Å². The number of aromatic nitrogens is 3. The Morgan fingerprint density at radius 3 is 2.56 bits per heavy atom. The molecule has 4 aromatic rings. The number of hydrogen-bond donors (Lipinski definition) is 1. The van der Waals surface area contributed by atoms with Gasteiger partial charge in [-0.15, -0.1) is 0 Å². The Balaban J connectivity index is 1.62. The van der Waals surface area contributed by atoms with E-state index in [2.05, 4.69) is 68.9 Å². The molecule has 1 aromatic carbocycles. The molecule has 4 heterocycles. The zero-order valence-corrected chi connectivity index (χ0v) is 20.3. The minimum atomic E-state index is -0.0882. The van der Waals surface area contributed by atoms with E-state index in [9.17, 15) is 0 Å². The quantitative estimate of drug-likeness (QED) is 0.395. The highest BCUT2D eigenvalue weighted by atomic mass is 32.1. The fourth-order valence-corrected chi connectivity index (χ4v) is 5.10. The Hall–Kier alpha value is -3.71. The second-order valence-electron chi connectivity index (χ2n) is 8.47. The molecule has 0 unspecified atom stereocenters. The van der Waals surface area contributed by atoms with Crippen molar-refractivity contribution in [2.24, 2.45) is 0 Å². The van der Waals surface area contributed by atoms with E-state index in [0.717, 1.165) is 23.7 Å². The van der Waals surface area contributed by atoms with Crippen molar-refractivity contribution < 1.29 is 4.74 Å². The van der Waals surface area contributed by atoms with Gasteiger partial charge in [-0.3, -0.25) is 9.97 Å². The number of benzene rings is 1. The van der Waals surface area contributed by atoms with Crippen LogP contribution in [0.4, 0.5) is 5.69 Å². The molecule has 3 aromatic heterocycles. The van der Waals surface area contributed by atoms with Gasteiger partial charge >= 0.3 is 0 Å². The minimum Gasteiger partial charge on any atom is -0.497 e. The number of hydrogen-bond acceptors (Lipinski definition) is 4. The number of pyridine rings is 2. The van der Waals surface area contributed by atoms with E-state index in [1.54, 1.807) is 7.11 Å². The summed E-state index contributed by atoms with van der Waals surface area (Å²) in [7, 11) is 1.68. The molecule has 34 heavy (non-hydrogen) atoms. The monoisotopic (exact) mass is 469 g/mol. The largest absolute Gasteiger partial charge is 0.497 e. The Bertz CT molecular complexity index is 1310. The number of anilines is 1. The smallest absolute Gasteiger partial charge is 0.174 e. The van der Waals surface area contributed by atoms with E-state index < -0.39 is 0 Å². The number of rotatable bonds is 6. The summed E-state index contributed by atoms with van der Waals surface area (Å²) in [6, 6.07) is 20.3. The van der Waals surface area contributed by atoms with Crippen molar-refractivity contribution >= 4 is 23.0 Å². The molecule has 5 rings (SSSR count). The molecule has 0 saturated carbocycles. The van der Waals surface area contributed by atoms with E-state index in [-0.39, 0.29) is 12.1 Å². The lowest BCUT2D eigenvalue weighted by atomic mass is 9.96. The summed E-state index contributed by atoms with van der Waals surface area (Å²) < 4.78 is 7.86. The van der Waals surface area contributed by atoms with Gasteiger partial charge in [0.15, 0.2) is 5.11 Å². The van der Waals surface area contributed by atoms with Gasteiger partial charge in [-0.1, -0.05) is 12.1 Å². The number of ether oxygens (including phenoxy) is 1. The van der Waals surface area contributed by atoms with Gasteiger partial charge in [0.05, 0.1) is 24.9 Å². The van der Waals surface area contributed by atoms with Crippen LogP contribution in [0.5, 0.6) is 5.75 Å². The van der Waals surface area contributed by atoms with Crippen LogP contribution in [-0.2, 0) is 6.54 Å². The van der Waals surface area contributed by atoms with Crippen LogP contribution < -0.4 is 15.0 Å². The van der Waals surface area contributed by atoms with Crippen LogP contribution in [0.2, 0.25) is 0 Å². The zero-order chi connectivity index (χ0) is 23.7. The number of aryl methyl sites for hydroxylation is 1. The molecule has 0 aliphatic carbocycles. The maximum Gasteiger partial charge on any atom is 0.174 e. The highest BCUT2D eigenvalue weighted by molar-refractivity contribution is 7.80. The average Bonchev–Trinajstić information content (AvgIpc) is 3.36. The van der Waals surface area contributed by atoms with Crippen molar-refractivity contribution in [3.8, 4) is 5.75 Å². The first-order chi connectivity index (χ1) is 16.6. The van der Waals surface area contributed by atoms with Crippen LogP contribution in [0.15, 0.2) is 79.3 Å². The van der Waals surface area contributed by atoms with Gasteiger partial charge in [0.25, 0.3) is 0 Å². The molecule has 1 saturated heterocycles. The molecule has 7 heteroatoms. The lowest BCUT2D eigenvalue weighted by Gasteiger charge is -2.28. The summed E-state index contributed by atoms with van der Waals surface area (Å²) >= 11 is 5.88. The fourth-order valence-electron chi connectivity index (χ4n) is 4.75. The van der Waals surface area contributed by atoms with E-state index in [1.807, 2.05) is 48.9 Å². The van der Waals surface area contributed by atoms with Crippen LogP contribution in [-0.4, -0.2) is 26.8 Å². The topological polar surface area (TPSA) is 55.2 Å². The Labute approximate surface area is 205 Å². The lowest BCUT2D eigenvalue weighted by molar-refractivity contribution is 0.415. The molecule has 1 fully saturated rings. The summed E-state index contributed by atoms with van der Waals surface area (Å²) in [5.41, 5.74) is 6.79. The maximum absolute atomic E-state index is 5.88. The van der Waals surface area contributed by atoms with Gasteiger partial charge in [-0.05, 0) is 79.7 Å². The first-order valence-corrected chi connectivity index (χ1v) is 11.7. The maximum atomic E-state index is 5.88. The number of methoxy groups -OCH3 is 1. The minimum absolute atomic E-state index is 0.0631. The van der Waals surface area contributed by atoms with E-state index in [0.29, 0.717) is 5.11 Å². The molecule has 2 atom stereocenters.